The summed E-state index contributed by atoms with van der Waals surface area (Å²) in [6, 6.07) is -0.329. The molecule has 1 fully saturated rings. The molecule has 0 spiro atoms. The smallest absolute Gasteiger partial charge is 0.350 e. The van der Waals surface area contributed by atoms with Crippen LogP contribution in [0.15, 0.2) is 0 Å². The van der Waals surface area contributed by atoms with Crippen molar-refractivity contribution < 1.29 is 14.3 Å². The van der Waals surface area contributed by atoms with Crippen LogP contribution in [-0.2, 0) is 9.53 Å². The lowest BCUT2D eigenvalue weighted by molar-refractivity contribution is -0.123. The number of nitrogens with zero attached hydrogens (tertiary/aromatic N) is 1. The van der Waals surface area contributed by atoms with Gasteiger partial charge in [-0.15, -0.1) is 23.7 Å². The van der Waals surface area contributed by atoms with E-state index in [9.17, 15) is 9.59 Å². The lowest BCUT2D eigenvalue weighted by Crippen LogP contribution is -2.41. The first kappa shape index (κ1) is 18.9. The van der Waals surface area contributed by atoms with E-state index in [0.717, 1.165) is 24.4 Å². The first-order valence-corrected chi connectivity index (χ1v) is 8.02. The number of rotatable bonds is 5. The highest BCUT2D eigenvalue weighted by atomic mass is 35.5. The summed E-state index contributed by atoms with van der Waals surface area (Å²) < 4.78 is 5.00. The summed E-state index contributed by atoms with van der Waals surface area (Å²) >= 11 is 1.28. The van der Waals surface area contributed by atoms with Gasteiger partial charge in [-0.25, -0.2) is 9.78 Å². The Bertz CT molecular complexity index is 529. The van der Waals surface area contributed by atoms with Crippen molar-refractivity contribution in [3.8, 4) is 0 Å². The summed E-state index contributed by atoms with van der Waals surface area (Å²) in [5, 5.41) is 6.83. The average molecular weight is 348 g/mol. The first-order valence-electron chi connectivity index (χ1n) is 7.21. The largest absolute Gasteiger partial charge is 0.462 e. The predicted octanol–water partition coefficient (Wildman–Crippen LogP) is 1.98. The molecule has 8 heteroatoms. The van der Waals surface area contributed by atoms with Gasteiger partial charge >= 0.3 is 5.97 Å². The topological polar surface area (TPSA) is 80.3 Å². The van der Waals surface area contributed by atoms with Crippen molar-refractivity contribution in [2.75, 3.05) is 13.2 Å². The van der Waals surface area contributed by atoms with E-state index in [4.69, 9.17) is 4.74 Å². The maximum atomic E-state index is 12.1. The summed E-state index contributed by atoms with van der Waals surface area (Å²) in [5.74, 6) is -0.361. The van der Waals surface area contributed by atoms with Crippen LogP contribution in [0.5, 0.6) is 0 Å². The van der Waals surface area contributed by atoms with Gasteiger partial charge in [-0.3, -0.25) is 4.79 Å². The SMILES string of the molecule is CCOC(=O)c1sc(C(C)NC(=O)C2CCCN2)nc1C.Cl. The minimum atomic E-state index is -0.352. The quantitative estimate of drug-likeness (QED) is 0.796. The van der Waals surface area contributed by atoms with Crippen LogP contribution in [-0.4, -0.2) is 36.1 Å². The monoisotopic (exact) mass is 347 g/mol. The zero-order valence-corrected chi connectivity index (χ0v) is 14.6. The summed E-state index contributed by atoms with van der Waals surface area (Å²) in [6.45, 7) is 6.65. The molecule has 2 unspecified atom stereocenters. The van der Waals surface area contributed by atoms with Crippen molar-refractivity contribution in [2.24, 2.45) is 0 Å². The minimum absolute atomic E-state index is 0. The third-order valence-electron chi connectivity index (χ3n) is 3.38. The lowest BCUT2D eigenvalue weighted by atomic mass is 10.2. The summed E-state index contributed by atoms with van der Waals surface area (Å²) in [7, 11) is 0. The van der Waals surface area contributed by atoms with Crippen molar-refractivity contribution in [1.29, 1.82) is 0 Å². The van der Waals surface area contributed by atoms with E-state index in [1.54, 1.807) is 13.8 Å². The molecule has 1 saturated heterocycles. The van der Waals surface area contributed by atoms with Gasteiger partial charge in [0, 0.05) is 0 Å². The maximum Gasteiger partial charge on any atom is 0.350 e. The normalized spacial score (nSPS) is 18.4. The number of esters is 1. The van der Waals surface area contributed by atoms with E-state index in [1.165, 1.54) is 11.3 Å². The molecule has 2 rings (SSSR count). The number of halogens is 1. The third-order valence-corrected chi connectivity index (χ3v) is 4.70. The second-order valence-electron chi connectivity index (χ2n) is 5.07. The molecular weight excluding hydrogens is 326 g/mol. The molecule has 1 aromatic heterocycles. The van der Waals surface area contributed by atoms with E-state index >= 15 is 0 Å². The molecule has 1 aromatic rings. The summed E-state index contributed by atoms with van der Waals surface area (Å²) in [4.78, 5) is 28.7. The summed E-state index contributed by atoms with van der Waals surface area (Å²) in [6.07, 6.45) is 1.89. The van der Waals surface area contributed by atoms with E-state index in [2.05, 4.69) is 15.6 Å². The van der Waals surface area contributed by atoms with Gasteiger partial charge in [0.1, 0.15) is 9.88 Å². The van der Waals surface area contributed by atoms with Gasteiger partial charge in [-0.1, -0.05) is 0 Å². The second-order valence-corrected chi connectivity index (χ2v) is 6.10. The molecule has 6 nitrogen and oxygen atoms in total. The Balaban J connectivity index is 0.00000242. The zero-order chi connectivity index (χ0) is 15.4. The predicted molar refractivity (Wildman–Crippen MR) is 87.6 cm³/mol. The fourth-order valence-corrected chi connectivity index (χ4v) is 3.24. The Hall–Kier alpha value is -1.18. The van der Waals surface area contributed by atoms with Gasteiger partial charge in [0.05, 0.1) is 24.4 Å². The van der Waals surface area contributed by atoms with Crippen LogP contribution < -0.4 is 10.6 Å². The molecule has 0 aliphatic carbocycles. The molecule has 0 saturated carbocycles. The van der Waals surface area contributed by atoms with Crippen molar-refractivity contribution in [3.63, 3.8) is 0 Å². The number of amides is 1. The van der Waals surface area contributed by atoms with E-state index in [1.807, 2.05) is 6.92 Å². The van der Waals surface area contributed by atoms with Gasteiger partial charge in [0.15, 0.2) is 0 Å². The van der Waals surface area contributed by atoms with Gasteiger partial charge in [0.2, 0.25) is 5.91 Å². The number of carbonyl (C=O) groups is 2. The fraction of sp³-hybridized carbons (Fsp3) is 0.643. The van der Waals surface area contributed by atoms with Crippen molar-refractivity contribution in [3.05, 3.63) is 15.6 Å². The molecule has 1 aliphatic heterocycles. The number of nitrogens with one attached hydrogen (secondary N) is 2. The number of carbonyl (C=O) groups excluding carboxylic acids is 2. The van der Waals surface area contributed by atoms with Gasteiger partial charge in [0.25, 0.3) is 0 Å². The van der Waals surface area contributed by atoms with Crippen LogP contribution >= 0.6 is 23.7 Å². The Labute approximate surface area is 140 Å². The van der Waals surface area contributed by atoms with Crippen molar-refractivity contribution in [2.45, 2.75) is 45.7 Å². The van der Waals surface area contributed by atoms with E-state index < -0.39 is 0 Å². The highest BCUT2D eigenvalue weighted by Crippen LogP contribution is 2.24. The van der Waals surface area contributed by atoms with Crippen molar-refractivity contribution >= 4 is 35.6 Å². The molecule has 1 aliphatic rings. The average Bonchev–Trinajstić information content (AvgIpc) is 3.07. The van der Waals surface area contributed by atoms with Gasteiger partial charge in [-0.05, 0) is 40.2 Å². The third kappa shape index (κ3) is 4.41. The number of hydrogen-bond donors (Lipinski definition) is 2. The Morgan fingerprint density at radius 1 is 1.55 bits per heavy atom. The molecule has 22 heavy (non-hydrogen) atoms. The molecule has 1 amide bonds. The number of ether oxygens (including phenoxy) is 1. The molecule has 2 heterocycles. The van der Waals surface area contributed by atoms with Crippen LogP contribution in [0.3, 0.4) is 0 Å². The van der Waals surface area contributed by atoms with E-state index in [-0.39, 0.29) is 36.4 Å². The van der Waals surface area contributed by atoms with Crippen LogP contribution in [0.2, 0.25) is 0 Å². The first-order chi connectivity index (χ1) is 10.0. The highest BCUT2D eigenvalue weighted by molar-refractivity contribution is 7.13. The lowest BCUT2D eigenvalue weighted by Gasteiger charge is -2.15. The van der Waals surface area contributed by atoms with Crippen LogP contribution in [0.1, 0.15) is 53.1 Å². The highest BCUT2D eigenvalue weighted by Gasteiger charge is 2.25. The molecule has 2 atom stereocenters. The van der Waals surface area contributed by atoms with Crippen LogP contribution in [0, 0.1) is 6.92 Å². The Morgan fingerprint density at radius 3 is 2.86 bits per heavy atom. The fourth-order valence-electron chi connectivity index (χ4n) is 2.27. The van der Waals surface area contributed by atoms with Crippen LogP contribution in [0.4, 0.5) is 0 Å². The molecule has 0 aromatic carbocycles. The molecule has 124 valence electrons. The zero-order valence-electron chi connectivity index (χ0n) is 13.0. The number of thiazole rings is 1. The second kappa shape index (κ2) is 8.45. The van der Waals surface area contributed by atoms with E-state index in [0.29, 0.717) is 17.2 Å². The van der Waals surface area contributed by atoms with Gasteiger partial charge < -0.3 is 15.4 Å². The number of hydrogen-bond acceptors (Lipinski definition) is 6. The molecule has 0 radical (unpaired) electrons. The Morgan fingerprint density at radius 2 is 2.27 bits per heavy atom. The standard InChI is InChI=1S/C14H21N3O3S.ClH/c1-4-20-14(19)11-8(2)17-13(21-11)9(3)16-12(18)10-6-5-7-15-10;/h9-10,15H,4-7H2,1-3H3,(H,16,18);1H. The summed E-state index contributed by atoms with van der Waals surface area (Å²) in [5.41, 5.74) is 0.647. The van der Waals surface area contributed by atoms with Crippen molar-refractivity contribution in [1.82, 2.24) is 15.6 Å². The minimum Gasteiger partial charge on any atom is -0.462 e. The van der Waals surface area contributed by atoms with Crippen LogP contribution in [0.25, 0.3) is 0 Å². The number of aryl methyl sites for hydroxylation is 1. The molecule has 0 bridgehead atoms. The molecular formula is C14H22ClN3O3S. The Kier molecular flexibility index (Phi) is 7.25. The van der Waals surface area contributed by atoms with Gasteiger partial charge in [-0.2, -0.15) is 0 Å². The molecule has 2 N–H and O–H groups in total. The maximum absolute atomic E-state index is 12.1. The number of aromatic nitrogens is 1.